The van der Waals surface area contributed by atoms with Crippen molar-refractivity contribution in [3.05, 3.63) is 69.7 Å². The molecule has 0 aliphatic carbocycles. The van der Waals surface area contributed by atoms with Crippen LogP contribution < -0.4 is 5.32 Å². The summed E-state index contributed by atoms with van der Waals surface area (Å²) < 4.78 is 3.27. The van der Waals surface area contributed by atoms with Crippen LogP contribution in [0.2, 0.25) is 0 Å². The first-order chi connectivity index (χ1) is 16.1. The van der Waals surface area contributed by atoms with Crippen molar-refractivity contribution in [1.82, 2.24) is 24.6 Å². The van der Waals surface area contributed by atoms with Gasteiger partial charge in [0.25, 0.3) is 0 Å². The van der Waals surface area contributed by atoms with Gasteiger partial charge in [-0.05, 0) is 68.2 Å². The fourth-order valence-electron chi connectivity index (χ4n) is 4.82. The second kappa shape index (κ2) is 9.75. The van der Waals surface area contributed by atoms with E-state index in [4.69, 9.17) is 0 Å². The molecule has 33 heavy (non-hydrogen) atoms. The van der Waals surface area contributed by atoms with Crippen LogP contribution in [0.25, 0.3) is 5.69 Å². The molecule has 2 aliphatic rings. The molecule has 0 unspecified atom stereocenters. The number of fused-ring (bicyclic) bond motifs is 3. The highest BCUT2D eigenvalue weighted by molar-refractivity contribution is 9.10. The summed E-state index contributed by atoms with van der Waals surface area (Å²) in [5.41, 5.74) is 4.51. The quantitative estimate of drug-likeness (QED) is 0.570. The number of hydrogen-bond donors (Lipinski definition) is 1. The minimum atomic E-state index is 0.0474. The van der Waals surface area contributed by atoms with Gasteiger partial charge in [0.05, 0.1) is 12.2 Å². The van der Waals surface area contributed by atoms with Gasteiger partial charge in [0, 0.05) is 36.2 Å². The van der Waals surface area contributed by atoms with Gasteiger partial charge in [-0.3, -0.25) is 19.2 Å². The Morgan fingerprint density at radius 1 is 1.03 bits per heavy atom. The average Bonchev–Trinajstić information content (AvgIpc) is 3.05. The van der Waals surface area contributed by atoms with E-state index in [9.17, 15) is 4.79 Å². The van der Waals surface area contributed by atoms with E-state index in [1.807, 2.05) is 19.1 Å². The molecule has 1 N–H and O–H groups in total. The summed E-state index contributed by atoms with van der Waals surface area (Å²) in [6.07, 6.45) is 2.85. The number of anilines is 1. The number of nitrogens with zero attached hydrogens (tertiary/aromatic N) is 5. The molecule has 7 nitrogen and oxygen atoms in total. The van der Waals surface area contributed by atoms with Crippen molar-refractivity contribution in [3.8, 4) is 5.69 Å². The highest BCUT2D eigenvalue weighted by Gasteiger charge is 2.21. The van der Waals surface area contributed by atoms with Crippen molar-refractivity contribution in [3.63, 3.8) is 0 Å². The first-order valence-electron chi connectivity index (χ1n) is 11.6. The fourth-order valence-corrected chi connectivity index (χ4v) is 5.23. The van der Waals surface area contributed by atoms with Crippen LogP contribution in [0, 0.1) is 6.92 Å². The Labute approximate surface area is 202 Å². The molecule has 1 saturated heterocycles. The molecular formula is C25H29BrN6O. The van der Waals surface area contributed by atoms with E-state index in [1.165, 1.54) is 11.1 Å². The largest absolute Gasteiger partial charge is 0.325 e. The summed E-state index contributed by atoms with van der Waals surface area (Å²) in [5.74, 6) is 1.95. The van der Waals surface area contributed by atoms with Gasteiger partial charge >= 0.3 is 0 Å². The first kappa shape index (κ1) is 22.3. The van der Waals surface area contributed by atoms with Crippen molar-refractivity contribution in [2.24, 2.45) is 0 Å². The molecule has 3 heterocycles. The Morgan fingerprint density at radius 3 is 2.73 bits per heavy atom. The predicted octanol–water partition coefficient (Wildman–Crippen LogP) is 3.58. The Kier molecular flexibility index (Phi) is 6.57. The van der Waals surface area contributed by atoms with Gasteiger partial charge < -0.3 is 5.32 Å². The second-order valence-electron chi connectivity index (χ2n) is 8.89. The maximum Gasteiger partial charge on any atom is 0.238 e. The molecule has 1 amide bonds. The van der Waals surface area contributed by atoms with Crippen LogP contribution in [0.15, 0.2) is 46.9 Å². The van der Waals surface area contributed by atoms with Crippen molar-refractivity contribution in [2.45, 2.75) is 32.7 Å². The number of halogens is 1. The maximum atomic E-state index is 12.8. The molecule has 0 atom stereocenters. The van der Waals surface area contributed by atoms with Gasteiger partial charge in [0.1, 0.15) is 11.6 Å². The number of carbonyl (C=O) groups is 1. The van der Waals surface area contributed by atoms with E-state index in [0.29, 0.717) is 6.54 Å². The molecule has 1 aromatic heterocycles. The van der Waals surface area contributed by atoms with E-state index in [0.717, 1.165) is 79.5 Å². The normalized spacial score (nSPS) is 16.7. The Hall–Kier alpha value is -2.55. The molecule has 0 radical (unpaired) electrons. The maximum absolute atomic E-state index is 12.8. The predicted molar refractivity (Wildman–Crippen MR) is 133 cm³/mol. The lowest BCUT2D eigenvalue weighted by molar-refractivity contribution is -0.117. The topological polar surface area (TPSA) is 66.3 Å². The van der Waals surface area contributed by atoms with E-state index in [1.54, 1.807) is 0 Å². The number of nitrogens with one attached hydrogen (secondary N) is 1. The van der Waals surface area contributed by atoms with E-state index in [2.05, 4.69) is 76.1 Å². The number of hydrogen-bond acceptors (Lipinski definition) is 5. The number of aryl methyl sites for hydroxylation is 3. The SMILES string of the molecule is Cc1nnc2n1-c1ccc(NC(=O)CN3CCCN(Cc4ccccc4Br)CC3)cc1CC2. The number of benzene rings is 2. The second-order valence-corrected chi connectivity index (χ2v) is 9.74. The monoisotopic (exact) mass is 508 g/mol. The summed E-state index contributed by atoms with van der Waals surface area (Å²) >= 11 is 3.65. The lowest BCUT2D eigenvalue weighted by Gasteiger charge is -2.22. The van der Waals surface area contributed by atoms with E-state index in [-0.39, 0.29) is 5.91 Å². The minimum Gasteiger partial charge on any atom is -0.325 e. The zero-order valence-electron chi connectivity index (χ0n) is 18.9. The van der Waals surface area contributed by atoms with Gasteiger partial charge in [0.2, 0.25) is 5.91 Å². The zero-order chi connectivity index (χ0) is 22.8. The molecule has 3 aromatic rings. The van der Waals surface area contributed by atoms with Crippen molar-refractivity contribution in [2.75, 3.05) is 38.0 Å². The third-order valence-corrected chi connectivity index (χ3v) is 7.29. The standard InChI is InChI=1S/C25H29BrN6O/c1-18-28-29-24-10-7-19-15-21(8-9-23(19)32(18)24)27-25(33)17-31-12-4-11-30(13-14-31)16-20-5-2-3-6-22(20)26/h2-3,5-6,8-9,15H,4,7,10-14,16-17H2,1H3,(H,27,33). The number of carbonyl (C=O) groups excluding carboxylic acids is 1. The first-order valence-corrected chi connectivity index (χ1v) is 12.4. The van der Waals surface area contributed by atoms with Crippen LogP contribution >= 0.6 is 15.9 Å². The zero-order valence-corrected chi connectivity index (χ0v) is 20.5. The van der Waals surface area contributed by atoms with Gasteiger partial charge in [-0.2, -0.15) is 0 Å². The van der Waals surface area contributed by atoms with Crippen LogP contribution in [0.5, 0.6) is 0 Å². The van der Waals surface area contributed by atoms with Crippen molar-refractivity contribution < 1.29 is 4.79 Å². The molecule has 8 heteroatoms. The third kappa shape index (κ3) is 5.03. The van der Waals surface area contributed by atoms with Crippen LogP contribution in [0.3, 0.4) is 0 Å². The smallest absolute Gasteiger partial charge is 0.238 e. The van der Waals surface area contributed by atoms with Gasteiger partial charge in [0.15, 0.2) is 0 Å². The Bertz CT molecular complexity index is 1160. The van der Waals surface area contributed by atoms with Gasteiger partial charge in [-0.25, -0.2) is 0 Å². The van der Waals surface area contributed by atoms with E-state index >= 15 is 0 Å². The third-order valence-electron chi connectivity index (χ3n) is 6.51. The van der Waals surface area contributed by atoms with Crippen molar-refractivity contribution >= 4 is 27.5 Å². The molecule has 5 rings (SSSR count). The van der Waals surface area contributed by atoms with Gasteiger partial charge in [-0.1, -0.05) is 34.1 Å². The molecular weight excluding hydrogens is 480 g/mol. The van der Waals surface area contributed by atoms with Crippen LogP contribution in [-0.2, 0) is 24.2 Å². The van der Waals surface area contributed by atoms with E-state index < -0.39 is 0 Å². The summed E-state index contributed by atoms with van der Waals surface area (Å²) in [6.45, 7) is 7.20. The van der Waals surface area contributed by atoms with Crippen LogP contribution in [0.1, 0.15) is 29.2 Å². The molecule has 2 aromatic carbocycles. The molecule has 1 fully saturated rings. The Balaban J connectivity index is 1.16. The lowest BCUT2D eigenvalue weighted by Crippen LogP contribution is -2.36. The fraction of sp³-hybridized carbons (Fsp3) is 0.400. The highest BCUT2D eigenvalue weighted by Crippen LogP contribution is 2.27. The molecule has 0 saturated carbocycles. The number of aromatic nitrogens is 3. The number of rotatable bonds is 5. The summed E-state index contributed by atoms with van der Waals surface area (Å²) in [5, 5.41) is 11.6. The highest BCUT2D eigenvalue weighted by atomic mass is 79.9. The Morgan fingerprint density at radius 2 is 1.85 bits per heavy atom. The van der Waals surface area contributed by atoms with Crippen molar-refractivity contribution in [1.29, 1.82) is 0 Å². The summed E-state index contributed by atoms with van der Waals surface area (Å²) in [7, 11) is 0. The average molecular weight is 509 g/mol. The minimum absolute atomic E-state index is 0.0474. The van der Waals surface area contributed by atoms with Gasteiger partial charge in [-0.15, -0.1) is 10.2 Å². The summed E-state index contributed by atoms with van der Waals surface area (Å²) in [6, 6.07) is 14.5. The molecule has 0 spiro atoms. The molecule has 2 aliphatic heterocycles. The molecule has 172 valence electrons. The summed E-state index contributed by atoms with van der Waals surface area (Å²) in [4.78, 5) is 17.5. The van der Waals surface area contributed by atoms with Crippen LogP contribution in [-0.4, -0.2) is 63.2 Å². The van der Waals surface area contributed by atoms with Crippen LogP contribution in [0.4, 0.5) is 5.69 Å². The lowest BCUT2D eigenvalue weighted by atomic mass is 10.0. The number of amides is 1. The molecule has 0 bridgehead atoms.